The third kappa shape index (κ3) is 3.66. The molecule has 1 aromatic rings. The number of nitrogens with one attached hydrogen (secondary N) is 1. The fourth-order valence-electron chi connectivity index (χ4n) is 1.64. The van der Waals surface area contributed by atoms with Gasteiger partial charge in [-0.25, -0.2) is 0 Å². The van der Waals surface area contributed by atoms with Gasteiger partial charge >= 0.3 is 0 Å². The van der Waals surface area contributed by atoms with E-state index in [2.05, 4.69) is 5.32 Å². The highest BCUT2D eigenvalue weighted by atomic mass is 16.5. The maximum absolute atomic E-state index is 11.6. The molecule has 0 spiro atoms. The molecule has 0 unspecified atom stereocenters. The van der Waals surface area contributed by atoms with E-state index in [0.29, 0.717) is 19.6 Å². The van der Waals surface area contributed by atoms with Crippen molar-refractivity contribution in [3.63, 3.8) is 0 Å². The topological polar surface area (TPSA) is 38.3 Å². The van der Waals surface area contributed by atoms with E-state index in [1.807, 2.05) is 32.0 Å². The Bertz CT molecular complexity index is 341. The monoisotopic (exact) mass is 221 g/mol. The van der Waals surface area contributed by atoms with E-state index < -0.39 is 0 Å². The second kappa shape index (κ2) is 6.28. The van der Waals surface area contributed by atoms with Gasteiger partial charge in [-0.15, -0.1) is 0 Å². The number of ether oxygens (including phenoxy) is 1. The maximum Gasteiger partial charge on any atom is 0.224 e. The van der Waals surface area contributed by atoms with E-state index in [-0.39, 0.29) is 5.91 Å². The van der Waals surface area contributed by atoms with Crippen LogP contribution in [0, 0.1) is 13.8 Å². The summed E-state index contributed by atoms with van der Waals surface area (Å²) in [5, 5.41) is 2.82. The zero-order chi connectivity index (χ0) is 12.0. The molecule has 1 amide bonds. The lowest BCUT2D eigenvalue weighted by molar-refractivity contribution is -0.120. The van der Waals surface area contributed by atoms with Gasteiger partial charge in [0.25, 0.3) is 0 Å². The highest BCUT2D eigenvalue weighted by Crippen LogP contribution is 2.13. The number of benzene rings is 1. The van der Waals surface area contributed by atoms with Crippen molar-refractivity contribution in [2.45, 2.75) is 20.3 Å². The van der Waals surface area contributed by atoms with Gasteiger partial charge in [0.2, 0.25) is 5.91 Å². The summed E-state index contributed by atoms with van der Waals surface area (Å²) in [7, 11) is 1.62. The molecule has 0 saturated heterocycles. The summed E-state index contributed by atoms with van der Waals surface area (Å²) in [4.78, 5) is 11.6. The van der Waals surface area contributed by atoms with Crippen LogP contribution in [0.5, 0.6) is 0 Å². The van der Waals surface area contributed by atoms with Crippen molar-refractivity contribution in [3.8, 4) is 0 Å². The van der Waals surface area contributed by atoms with Crippen LogP contribution in [-0.4, -0.2) is 26.2 Å². The molecule has 1 rings (SSSR count). The zero-order valence-electron chi connectivity index (χ0n) is 10.2. The SMILES string of the molecule is COCCNC(=O)Cc1c(C)cccc1C. The third-order valence-corrected chi connectivity index (χ3v) is 2.61. The van der Waals surface area contributed by atoms with Crippen LogP contribution in [0.25, 0.3) is 0 Å². The molecule has 0 fully saturated rings. The van der Waals surface area contributed by atoms with Gasteiger partial charge in [0.05, 0.1) is 13.0 Å². The Hall–Kier alpha value is -1.35. The Labute approximate surface area is 96.8 Å². The van der Waals surface area contributed by atoms with Crippen molar-refractivity contribution < 1.29 is 9.53 Å². The predicted molar refractivity (Wildman–Crippen MR) is 64.5 cm³/mol. The van der Waals surface area contributed by atoms with Crippen molar-refractivity contribution in [1.82, 2.24) is 5.32 Å². The minimum atomic E-state index is 0.0504. The van der Waals surface area contributed by atoms with Crippen LogP contribution in [0.3, 0.4) is 0 Å². The van der Waals surface area contributed by atoms with Crippen molar-refractivity contribution >= 4 is 5.91 Å². The highest BCUT2D eigenvalue weighted by Gasteiger charge is 2.07. The fourth-order valence-corrected chi connectivity index (χ4v) is 1.64. The molecule has 0 heterocycles. The van der Waals surface area contributed by atoms with Crippen LogP contribution < -0.4 is 5.32 Å². The number of methoxy groups -OCH3 is 1. The van der Waals surface area contributed by atoms with Crippen LogP contribution in [0.15, 0.2) is 18.2 Å². The van der Waals surface area contributed by atoms with Gasteiger partial charge in [0, 0.05) is 13.7 Å². The number of carbonyl (C=O) groups excluding carboxylic acids is 1. The molecule has 1 aromatic carbocycles. The van der Waals surface area contributed by atoms with Gasteiger partial charge in [-0.3, -0.25) is 4.79 Å². The van der Waals surface area contributed by atoms with Crippen molar-refractivity contribution in [3.05, 3.63) is 34.9 Å². The van der Waals surface area contributed by atoms with Gasteiger partial charge in [0.15, 0.2) is 0 Å². The van der Waals surface area contributed by atoms with Gasteiger partial charge in [-0.1, -0.05) is 18.2 Å². The Morgan fingerprint density at radius 2 is 1.94 bits per heavy atom. The largest absolute Gasteiger partial charge is 0.383 e. The number of carbonyl (C=O) groups is 1. The molecule has 0 radical (unpaired) electrons. The van der Waals surface area contributed by atoms with E-state index >= 15 is 0 Å². The first-order chi connectivity index (χ1) is 7.65. The number of hydrogen-bond acceptors (Lipinski definition) is 2. The van der Waals surface area contributed by atoms with Crippen LogP contribution in [0.4, 0.5) is 0 Å². The van der Waals surface area contributed by atoms with E-state index in [9.17, 15) is 4.79 Å². The molecule has 0 aromatic heterocycles. The van der Waals surface area contributed by atoms with Crippen molar-refractivity contribution in [1.29, 1.82) is 0 Å². The average Bonchev–Trinajstić information content (AvgIpc) is 2.24. The summed E-state index contributed by atoms with van der Waals surface area (Å²) in [6, 6.07) is 6.08. The number of rotatable bonds is 5. The standard InChI is InChI=1S/C13H19NO2/c1-10-5-4-6-11(2)12(10)9-13(15)14-7-8-16-3/h4-6H,7-9H2,1-3H3,(H,14,15). The normalized spacial score (nSPS) is 10.2. The van der Waals surface area contributed by atoms with Crippen molar-refractivity contribution in [2.24, 2.45) is 0 Å². The Kier molecular flexibility index (Phi) is 4.99. The first-order valence-corrected chi connectivity index (χ1v) is 5.46. The summed E-state index contributed by atoms with van der Waals surface area (Å²) in [5.74, 6) is 0.0504. The first kappa shape index (κ1) is 12.7. The molecule has 88 valence electrons. The minimum absolute atomic E-state index is 0.0504. The maximum atomic E-state index is 11.6. The molecule has 3 heteroatoms. The summed E-state index contributed by atoms with van der Waals surface area (Å²) < 4.78 is 4.88. The fraction of sp³-hybridized carbons (Fsp3) is 0.462. The smallest absolute Gasteiger partial charge is 0.224 e. The average molecular weight is 221 g/mol. The quantitative estimate of drug-likeness (QED) is 0.767. The van der Waals surface area contributed by atoms with Crippen LogP contribution in [0.1, 0.15) is 16.7 Å². The zero-order valence-corrected chi connectivity index (χ0v) is 10.2. The number of aryl methyl sites for hydroxylation is 2. The third-order valence-electron chi connectivity index (χ3n) is 2.61. The molecule has 0 aliphatic carbocycles. The van der Waals surface area contributed by atoms with Gasteiger partial charge < -0.3 is 10.1 Å². The molecule has 0 saturated carbocycles. The van der Waals surface area contributed by atoms with Gasteiger partial charge in [-0.2, -0.15) is 0 Å². The van der Waals surface area contributed by atoms with Crippen LogP contribution in [-0.2, 0) is 16.0 Å². The lowest BCUT2D eigenvalue weighted by Crippen LogP contribution is -2.28. The molecule has 0 aliphatic rings. The van der Waals surface area contributed by atoms with Crippen molar-refractivity contribution in [2.75, 3.05) is 20.3 Å². The van der Waals surface area contributed by atoms with Crippen LogP contribution in [0.2, 0.25) is 0 Å². The lowest BCUT2D eigenvalue weighted by Gasteiger charge is -2.09. The summed E-state index contributed by atoms with van der Waals surface area (Å²) in [6.45, 7) is 5.19. The molecular weight excluding hydrogens is 202 g/mol. The van der Waals surface area contributed by atoms with E-state index in [1.165, 1.54) is 11.1 Å². The van der Waals surface area contributed by atoms with Gasteiger partial charge in [0.1, 0.15) is 0 Å². The molecule has 0 bridgehead atoms. The first-order valence-electron chi connectivity index (χ1n) is 5.46. The highest BCUT2D eigenvalue weighted by molar-refractivity contribution is 5.79. The van der Waals surface area contributed by atoms with Crippen LogP contribution >= 0.6 is 0 Å². The molecule has 16 heavy (non-hydrogen) atoms. The summed E-state index contributed by atoms with van der Waals surface area (Å²) in [6.07, 6.45) is 0.447. The minimum Gasteiger partial charge on any atom is -0.383 e. The summed E-state index contributed by atoms with van der Waals surface area (Å²) >= 11 is 0. The number of amides is 1. The van der Waals surface area contributed by atoms with E-state index in [1.54, 1.807) is 7.11 Å². The van der Waals surface area contributed by atoms with Gasteiger partial charge in [-0.05, 0) is 30.5 Å². The molecule has 0 aliphatic heterocycles. The predicted octanol–water partition coefficient (Wildman–Crippen LogP) is 1.61. The Balaban J connectivity index is 2.56. The second-order valence-corrected chi connectivity index (χ2v) is 3.89. The van der Waals surface area contributed by atoms with E-state index in [4.69, 9.17) is 4.74 Å². The Morgan fingerprint density at radius 1 is 1.31 bits per heavy atom. The molecular formula is C13H19NO2. The lowest BCUT2D eigenvalue weighted by atomic mass is 10.00. The molecule has 1 N–H and O–H groups in total. The number of hydrogen-bond donors (Lipinski definition) is 1. The summed E-state index contributed by atoms with van der Waals surface area (Å²) in [5.41, 5.74) is 3.46. The molecule has 3 nitrogen and oxygen atoms in total. The van der Waals surface area contributed by atoms with E-state index in [0.717, 1.165) is 5.56 Å². The Morgan fingerprint density at radius 3 is 2.50 bits per heavy atom. The second-order valence-electron chi connectivity index (χ2n) is 3.89. The molecule has 0 atom stereocenters.